The number of hydrogen-bond donors (Lipinski definition) is 0. The lowest BCUT2D eigenvalue weighted by Gasteiger charge is -2.26. The molecular weight excluding hydrogens is 1110 g/mol. The smallest absolute Gasteiger partial charge is 0.313 e. The van der Waals surface area contributed by atoms with Crippen molar-refractivity contribution in [1.82, 2.24) is 4.90 Å². The number of thiophene rings is 1. The first-order valence-electron chi connectivity index (χ1n) is 33.9. The molecule has 1 saturated heterocycles. The Morgan fingerprint density at radius 2 is 0.977 bits per heavy atom. The summed E-state index contributed by atoms with van der Waals surface area (Å²) in [6.45, 7) is 12.9. The molecule has 3 aromatic carbocycles. The van der Waals surface area contributed by atoms with Gasteiger partial charge in [-0.3, -0.25) is 33.7 Å². The van der Waals surface area contributed by atoms with Gasteiger partial charge >= 0.3 is 29.8 Å². The SMILES string of the molecule is CCCCCCCCCCCCCCCC(=O)OCC(COC(=O)CCCCCCCCCCCCCCC)OC(=O)CC(C)CC(=O)Oc1ccc2c(C(=O)c3ccc(OCCN4CCCCC4)cc3)c(-c3ccc(OC(=O)C(C)C)cc3)sc2c1. The minimum Gasteiger partial charge on any atom is -0.492 e. The Kier molecular flexibility index (Phi) is 35.8. The Balaban J connectivity index is 1.14. The van der Waals surface area contributed by atoms with Gasteiger partial charge in [-0.25, -0.2) is 0 Å². The van der Waals surface area contributed by atoms with Crippen LogP contribution in [0.15, 0.2) is 66.7 Å². The molecule has 0 amide bonds. The molecule has 482 valence electrons. The molecule has 0 saturated carbocycles. The topological polar surface area (TPSA) is 161 Å². The lowest BCUT2D eigenvalue weighted by molar-refractivity contribution is -0.167. The highest BCUT2D eigenvalue weighted by Crippen LogP contribution is 2.42. The van der Waals surface area contributed by atoms with E-state index in [9.17, 15) is 28.8 Å². The standard InChI is InChI=1S/C73H107NO12S/c1-6-8-10-12-14-16-18-20-22-24-26-28-31-35-66(75)82-54-63(55-83-67(76)36-32-29-27-25-23-21-19-17-15-13-11-9-7-2)85-69(78)52-57(5)51-68(77)84-62-45-46-64-65(53-62)87-72(59-39-43-61(44-40-59)86-73(80)56(3)4)70(64)71(79)58-37-41-60(42-38-58)81-50-49-74-47-33-30-34-48-74/h37-46,53,56-57,63H,6-36,47-52,54-55H2,1-5H3. The number of unbranched alkanes of at least 4 members (excludes halogenated alkanes) is 24. The van der Waals surface area contributed by atoms with Crippen LogP contribution in [-0.2, 0) is 38.2 Å². The van der Waals surface area contributed by atoms with Gasteiger partial charge in [-0.05, 0) is 117 Å². The molecule has 0 spiro atoms. The van der Waals surface area contributed by atoms with Gasteiger partial charge in [0, 0.05) is 58.3 Å². The van der Waals surface area contributed by atoms with E-state index in [0.717, 1.165) is 63.7 Å². The number of likely N-dealkylation sites (tertiary alicyclic amines) is 1. The van der Waals surface area contributed by atoms with Crippen molar-refractivity contribution in [2.75, 3.05) is 39.5 Å². The summed E-state index contributed by atoms with van der Waals surface area (Å²) in [7, 11) is 0. The number of ether oxygens (including phenoxy) is 6. The van der Waals surface area contributed by atoms with E-state index in [4.69, 9.17) is 28.4 Å². The second kappa shape index (κ2) is 43.1. The van der Waals surface area contributed by atoms with E-state index in [-0.39, 0.29) is 74.3 Å². The van der Waals surface area contributed by atoms with E-state index in [1.165, 1.54) is 146 Å². The van der Waals surface area contributed by atoms with Crippen LogP contribution in [0.25, 0.3) is 20.5 Å². The molecule has 5 rings (SSSR count). The summed E-state index contributed by atoms with van der Waals surface area (Å²) in [6, 6.07) is 19.4. The van der Waals surface area contributed by atoms with Crippen LogP contribution in [0.2, 0.25) is 0 Å². The number of benzene rings is 3. The normalized spacial score (nSPS) is 13.0. The number of nitrogens with zero attached hydrogens (tertiary/aromatic N) is 1. The summed E-state index contributed by atoms with van der Waals surface area (Å²) in [5.41, 5.74) is 1.71. The van der Waals surface area contributed by atoms with Gasteiger partial charge in [-0.1, -0.05) is 195 Å². The van der Waals surface area contributed by atoms with Crippen molar-refractivity contribution in [1.29, 1.82) is 0 Å². The third-order valence-corrected chi connectivity index (χ3v) is 17.5. The summed E-state index contributed by atoms with van der Waals surface area (Å²) in [4.78, 5) is 82.8. The zero-order valence-electron chi connectivity index (χ0n) is 53.9. The second-order valence-corrected chi connectivity index (χ2v) is 25.7. The Labute approximate surface area is 526 Å². The van der Waals surface area contributed by atoms with E-state index in [2.05, 4.69) is 18.7 Å². The maximum Gasteiger partial charge on any atom is 0.313 e. The fraction of sp³-hybridized carbons (Fsp3) is 0.644. The first kappa shape index (κ1) is 72.1. The zero-order chi connectivity index (χ0) is 62.3. The van der Waals surface area contributed by atoms with E-state index in [0.29, 0.717) is 57.0 Å². The van der Waals surface area contributed by atoms with Crippen LogP contribution in [0.4, 0.5) is 0 Å². The van der Waals surface area contributed by atoms with Crippen LogP contribution in [0.1, 0.15) is 262 Å². The van der Waals surface area contributed by atoms with Crippen molar-refractivity contribution in [3.8, 4) is 27.7 Å². The van der Waals surface area contributed by atoms with Crippen LogP contribution in [0.3, 0.4) is 0 Å². The van der Waals surface area contributed by atoms with Crippen molar-refractivity contribution < 1.29 is 57.2 Å². The molecule has 0 N–H and O–H groups in total. The average molecular weight is 1220 g/mol. The number of carbonyl (C=O) groups excluding carboxylic acids is 6. The summed E-state index contributed by atoms with van der Waals surface area (Å²) < 4.78 is 35.2. The second-order valence-electron chi connectivity index (χ2n) is 24.6. The van der Waals surface area contributed by atoms with Gasteiger partial charge in [0.05, 0.1) is 5.92 Å². The number of carbonyl (C=O) groups is 6. The van der Waals surface area contributed by atoms with E-state index in [1.54, 1.807) is 63.2 Å². The molecule has 0 bridgehead atoms. The van der Waals surface area contributed by atoms with Gasteiger partial charge in [0.15, 0.2) is 11.9 Å². The van der Waals surface area contributed by atoms with Gasteiger partial charge in [0.25, 0.3) is 0 Å². The summed E-state index contributed by atoms with van der Waals surface area (Å²) >= 11 is 1.38. The largest absolute Gasteiger partial charge is 0.492 e. The molecule has 1 aliphatic heterocycles. The fourth-order valence-electron chi connectivity index (χ4n) is 11.1. The maximum atomic E-state index is 14.6. The minimum absolute atomic E-state index is 0.106. The monoisotopic (exact) mass is 1220 g/mol. The number of ketones is 1. The first-order chi connectivity index (χ1) is 42.3. The Morgan fingerprint density at radius 1 is 0.506 bits per heavy atom. The van der Waals surface area contributed by atoms with Crippen LogP contribution in [0.5, 0.6) is 17.2 Å². The Bertz CT molecular complexity index is 2560. The highest BCUT2D eigenvalue weighted by atomic mass is 32.1. The molecule has 1 unspecified atom stereocenters. The number of rotatable bonds is 47. The molecule has 1 fully saturated rings. The molecule has 1 aliphatic rings. The fourth-order valence-corrected chi connectivity index (χ4v) is 12.3. The van der Waals surface area contributed by atoms with Crippen molar-refractivity contribution in [2.24, 2.45) is 11.8 Å². The van der Waals surface area contributed by atoms with Crippen LogP contribution < -0.4 is 14.2 Å². The molecular formula is C73H107NO12S. The Morgan fingerprint density at radius 3 is 1.48 bits per heavy atom. The number of piperidine rings is 1. The van der Waals surface area contributed by atoms with Gasteiger partial charge in [0.1, 0.15) is 37.1 Å². The van der Waals surface area contributed by atoms with E-state index >= 15 is 0 Å². The molecule has 14 heteroatoms. The van der Waals surface area contributed by atoms with Gasteiger partial charge in [-0.15, -0.1) is 11.3 Å². The molecule has 2 heterocycles. The van der Waals surface area contributed by atoms with Crippen molar-refractivity contribution >= 4 is 57.1 Å². The highest BCUT2D eigenvalue weighted by molar-refractivity contribution is 7.22. The molecule has 1 aromatic heterocycles. The molecule has 1 atom stereocenters. The molecule has 4 aromatic rings. The number of esters is 5. The quantitative estimate of drug-likeness (QED) is 0.0135. The van der Waals surface area contributed by atoms with E-state index < -0.39 is 24.0 Å². The third-order valence-electron chi connectivity index (χ3n) is 16.3. The summed E-state index contributed by atoms with van der Waals surface area (Å²) in [5.74, 6) is -1.92. The lowest BCUT2D eigenvalue weighted by Crippen LogP contribution is -2.33. The van der Waals surface area contributed by atoms with Crippen LogP contribution >= 0.6 is 11.3 Å². The maximum absolute atomic E-state index is 14.6. The van der Waals surface area contributed by atoms with Gasteiger partial charge in [-0.2, -0.15) is 0 Å². The number of hydrogen-bond acceptors (Lipinski definition) is 14. The molecule has 13 nitrogen and oxygen atoms in total. The van der Waals surface area contributed by atoms with E-state index in [1.807, 2.05) is 24.3 Å². The molecule has 0 aliphatic carbocycles. The Hall–Kier alpha value is -5.60. The van der Waals surface area contributed by atoms with Crippen molar-refractivity contribution in [3.63, 3.8) is 0 Å². The van der Waals surface area contributed by atoms with Crippen LogP contribution in [0, 0.1) is 11.8 Å². The molecule has 0 radical (unpaired) electrons. The van der Waals surface area contributed by atoms with Crippen molar-refractivity contribution in [2.45, 2.75) is 253 Å². The predicted octanol–water partition coefficient (Wildman–Crippen LogP) is 18.5. The predicted molar refractivity (Wildman–Crippen MR) is 350 cm³/mol. The third kappa shape index (κ3) is 29.5. The zero-order valence-corrected chi connectivity index (χ0v) is 54.7. The highest BCUT2D eigenvalue weighted by Gasteiger charge is 2.25. The summed E-state index contributed by atoms with van der Waals surface area (Å²) in [5, 5.41) is 0.679. The van der Waals surface area contributed by atoms with Gasteiger partial charge in [0.2, 0.25) is 0 Å². The average Bonchev–Trinajstić information content (AvgIpc) is 1.79. The minimum atomic E-state index is -1.00. The number of fused-ring (bicyclic) bond motifs is 1. The first-order valence-corrected chi connectivity index (χ1v) is 34.7. The lowest BCUT2D eigenvalue weighted by atomic mass is 9.97. The van der Waals surface area contributed by atoms with Crippen molar-refractivity contribution in [3.05, 3.63) is 77.9 Å². The van der Waals surface area contributed by atoms with Gasteiger partial charge < -0.3 is 28.4 Å². The summed E-state index contributed by atoms with van der Waals surface area (Å²) in [6.07, 6.45) is 34.2. The molecule has 87 heavy (non-hydrogen) atoms. The van der Waals surface area contributed by atoms with Crippen LogP contribution in [-0.4, -0.2) is 86.1 Å².